The Kier molecular flexibility index (Phi) is 5.00. The van der Waals surface area contributed by atoms with Crippen LogP contribution < -0.4 is 10.6 Å². The van der Waals surface area contributed by atoms with Gasteiger partial charge in [0.2, 0.25) is 0 Å². The monoisotopic (exact) mass is 276 g/mol. The van der Waals surface area contributed by atoms with Crippen molar-refractivity contribution in [1.29, 1.82) is 0 Å². The van der Waals surface area contributed by atoms with Crippen LogP contribution in [-0.4, -0.2) is 49.7 Å². The van der Waals surface area contributed by atoms with E-state index in [2.05, 4.69) is 41.9 Å². The van der Waals surface area contributed by atoms with Crippen LogP contribution in [0, 0.1) is 12.8 Å². The number of nitrogens with zero attached hydrogens (tertiary/aromatic N) is 3. The number of aryl methyl sites for hydroxylation is 1. The van der Waals surface area contributed by atoms with Crippen LogP contribution >= 0.6 is 0 Å². The molecule has 0 amide bonds. The molecule has 2 N–H and O–H groups in total. The van der Waals surface area contributed by atoms with E-state index in [4.69, 9.17) is 5.73 Å². The van der Waals surface area contributed by atoms with Gasteiger partial charge in [-0.15, -0.1) is 0 Å². The number of hydrogen-bond acceptors (Lipinski definition) is 4. The number of nitrogens with two attached hydrogens (primary N) is 1. The van der Waals surface area contributed by atoms with Gasteiger partial charge in [0.1, 0.15) is 5.82 Å². The molecule has 2 rings (SSSR count). The number of pyridine rings is 1. The Hall–Kier alpha value is -1.13. The van der Waals surface area contributed by atoms with Gasteiger partial charge in [-0.05, 0) is 57.3 Å². The summed E-state index contributed by atoms with van der Waals surface area (Å²) in [6.07, 6.45) is 4.16. The van der Waals surface area contributed by atoms with Crippen molar-refractivity contribution in [1.82, 2.24) is 9.88 Å². The Balaban J connectivity index is 2.00. The lowest BCUT2D eigenvalue weighted by molar-refractivity contribution is 0.395. The van der Waals surface area contributed by atoms with E-state index in [9.17, 15) is 0 Å². The summed E-state index contributed by atoms with van der Waals surface area (Å²) in [4.78, 5) is 9.36. The van der Waals surface area contributed by atoms with Crippen molar-refractivity contribution < 1.29 is 0 Å². The van der Waals surface area contributed by atoms with Gasteiger partial charge in [0.15, 0.2) is 0 Å². The summed E-state index contributed by atoms with van der Waals surface area (Å²) in [6, 6.07) is 2.41. The van der Waals surface area contributed by atoms with Crippen LogP contribution in [0.2, 0.25) is 0 Å². The Morgan fingerprint density at radius 3 is 2.85 bits per heavy atom. The highest BCUT2D eigenvalue weighted by atomic mass is 15.2. The number of anilines is 1. The Morgan fingerprint density at radius 2 is 2.30 bits per heavy atom. The SMILES string of the molecule is Cc1cc(CC(C)N)cnc1N(C)CC1CCN(C)C1. The normalized spacial score (nSPS) is 21.1. The molecule has 0 saturated carbocycles. The second-order valence-electron chi connectivity index (χ2n) is 6.46. The summed E-state index contributed by atoms with van der Waals surface area (Å²) in [5.41, 5.74) is 8.33. The molecule has 112 valence electrons. The van der Waals surface area contributed by atoms with Crippen molar-refractivity contribution in [3.05, 3.63) is 23.4 Å². The first kappa shape index (κ1) is 15.3. The van der Waals surface area contributed by atoms with E-state index in [0.29, 0.717) is 0 Å². The lowest BCUT2D eigenvalue weighted by Gasteiger charge is -2.24. The predicted octanol–water partition coefficient (Wildman–Crippen LogP) is 1.67. The zero-order valence-corrected chi connectivity index (χ0v) is 13.3. The zero-order chi connectivity index (χ0) is 14.7. The second kappa shape index (κ2) is 6.55. The topological polar surface area (TPSA) is 45.4 Å². The molecule has 0 spiro atoms. The van der Waals surface area contributed by atoms with Crippen molar-refractivity contribution >= 4 is 5.82 Å². The van der Waals surface area contributed by atoms with Crippen LogP contribution in [0.15, 0.2) is 12.3 Å². The highest BCUT2D eigenvalue weighted by Crippen LogP contribution is 2.21. The minimum Gasteiger partial charge on any atom is -0.359 e. The van der Waals surface area contributed by atoms with Crippen LogP contribution in [0.4, 0.5) is 5.82 Å². The van der Waals surface area contributed by atoms with Crippen LogP contribution in [0.25, 0.3) is 0 Å². The molecule has 1 aliphatic heterocycles. The van der Waals surface area contributed by atoms with Crippen LogP contribution in [-0.2, 0) is 6.42 Å². The van der Waals surface area contributed by atoms with Gasteiger partial charge in [-0.1, -0.05) is 6.07 Å². The van der Waals surface area contributed by atoms with Gasteiger partial charge in [-0.25, -0.2) is 4.98 Å². The Labute approximate surface area is 123 Å². The van der Waals surface area contributed by atoms with E-state index < -0.39 is 0 Å². The van der Waals surface area contributed by atoms with Crippen molar-refractivity contribution in [2.45, 2.75) is 32.7 Å². The Morgan fingerprint density at radius 1 is 1.55 bits per heavy atom. The third kappa shape index (κ3) is 3.93. The number of rotatable bonds is 5. The van der Waals surface area contributed by atoms with E-state index >= 15 is 0 Å². The molecule has 0 aliphatic carbocycles. The molecule has 0 bridgehead atoms. The van der Waals surface area contributed by atoms with E-state index in [1.807, 2.05) is 13.1 Å². The predicted molar refractivity (Wildman–Crippen MR) is 85.2 cm³/mol. The average molecular weight is 276 g/mol. The van der Waals surface area contributed by atoms with Gasteiger partial charge in [-0.2, -0.15) is 0 Å². The molecule has 1 aromatic rings. The first-order chi connectivity index (χ1) is 9.45. The minimum absolute atomic E-state index is 0.189. The van der Waals surface area contributed by atoms with E-state index in [1.54, 1.807) is 0 Å². The standard InChI is InChI=1S/C16H28N4/c1-12-7-15(8-13(2)17)9-18-16(12)20(4)11-14-5-6-19(3)10-14/h7,9,13-14H,5-6,8,10-11,17H2,1-4H3. The van der Waals surface area contributed by atoms with Crippen molar-refractivity contribution in [3.63, 3.8) is 0 Å². The molecule has 0 radical (unpaired) electrons. The summed E-state index contributed by atoms with van der Waals surface area (Å²) in [7, 11) is 4.35. The molecule has 1 fully saturated rings. The lowest BCUT2D eigenvalue weighted by atomic mass is 10.1. The minimum atomic E-state index is 0.189. The van der Waals surface area contributed by atoms with E-state index in [0.717, 1.165) is 24.7 Å². The molecule has 4 nitrogen and oxygen atoms in total. The molecular formula is C16H28N4. The van der Waals surface area contributed by atoms with Gasteiger partial charge in [0.25, 0.3) is 0 Å². The maximum atomic E-state index is 5.85. The molecule has 1 saturated heterocycles. The molecule has 2 unspecified atom stereocenters. The van der Waals surface area contributed by atoms with Crippen LogP contribution in [0.5, 0.6) is 0 Å². The summed E-state index contributed by atoms with van der Waals surface area (Å²) in [5.74, 6) is 1.86. The third-order valence-corrected chi connectivity index (χ3v) is 4.05. The number of aromatic nitrogens is 1. The molecule has 1 aliphatic rings. The molecule has 1 aromatic heterocycles. The van der Waals surface area contributed by atoms with Gasteiger partial charge in [-0.3, -0.25) is 0 Å². The van der Waals surface area contributed by atoms with Gasteiger partial charge >= 0.3 is 0 Å². The third-order valence-electron chi connectivity index (χ3n) is 4.05. The first-order valence-electron chi connectivity index (χ1n) is 7.56. The maximum Gasteiger partial charge on any atom is 0.131 e. The fourth-order valence-electron chi connectivity index (χ4n) is 3.16. The summed E-state index contributed by atoms with van der Waals surface area (Å²) in [5, 5.41) is 0. The smallest absolute Gasteiger partial charge is 0.131 e. The summed E-state index contributed by atoms with van der Waals surface area (Å²) >= 11 is 0. The number of likely N-dealkylation sites (tertiary alicyclic amines) is 1. The van der Waals surface area contributed by atoms with E-state index in [-0.39, 0.29) is 6.04 Å². The van der Waals surface area contributed by atoms with Crippen molar-refractivity contribution in [2.24, 2.45) is 11.7 Å². The highest BCUT2D eigenvalue weighted by Gasteiger charge is 2.21. The lowest BCUT2D eigenvalue weighted by Crippen LogP contribution is -2.28. The molecule has 2 heterocycles. The molecule has 2 atom stereocenters. The fraction of sp³-hybridized carbons (Fsp3) is 0.688. The van der Waals surface area contributed by atoms with Crippen LogP contribution in [0.1, 0.15) is 24.5 Å². The van der Waals surface area contributed by atoms with Gasteiger partial charge in [0, 0.05) is 32.4 Å². The van der Waals surface area contributed by atoms with Crippen LogP contribution in [0.3, 0.4) is 0 Å². The summed E-state index contributed by atoms with van der Waals surface area (Å²) < 4.78 is 0. The second-order valence-corrected chi connectivity index (χ2v) is 6.46. The number of hydrogen-bond donors (Lipinski definition) is 1. The van der Waals surface area contributed by atoms with Crippen molar-refractivity contribution in [3.8, 4) is 0 Å². The largest absolute Gasteiger partial charge is 0.359 e. The average Bonchev–Trinajstić information content (AvgIpc) is 2.73. The van der Waals surface area contributed by atoms with E-state index in [1.165, 1.54) is 30.6 Å². The van der Waals surface area contributed by atoms with Crippen molar-refractivity contribution in [2.75, 3.05) is 38.6 Å². The van der Waals surface area contributed by atoms with Gasteiger partial charge in [0.05, 0.1) is 0 Å². The quantitative estimate of drug-likeness (QED) is 0.888. The maximum absolute atomic E-state index is 5.85. The summed E-state index contributed by atoms with van der Waals surface area (Å²) in [6.45, 7) is 7.69. The fourth-order valence-corrected chi connectivity index (χ4v) is 3.16. The molecule has 4 heteroatoms. The Bertz CT molecular complexity index is 444. The molecular weight excluding hydrogens is 248 g/mol. The first-order valence-corrected chi connectivity index (χ1v) is 7.56. The zero-order valence-electron chi connectivity index (χ0n) is 13.3. The molecule has 20 heavy (non-hydrogen) atoms. The molecule has 0 aromatic carbocycles. The highest BCUT2D eigenvalue weighted by molar-refractivity contribution is 5.46. The van der Waals surface area contributed by atoms with Gasteiger partial charge < -0.3 is 15.5 Å².